The fourth-order valence-corrected chi connectivity index (χ4v) is 2.68. The monoisotopic (exact) mass is 398 g/mol. The Morgan fingerprint density at radius 1 is 1.26 bits per heavy atom. The second-order valence-electron chi connectivity index (χ2n) is 5.55. The summed E-state index contributed by atoms with van der Waals surface area (Å²) in [6.45, 7) is -0.254. The molecule has 0 unspecified atom stereocenters. The first-order chi connectivity index (χ1) is 12.6. The lowest BCUT2D eigenvalue weighted by molar-refractivity contribution is -0.141. The number of hydrogen-bond donors (Lipinski definition) is 2. The molecule has 0 fully saturated rings. The molecular weight excluding hydrogens is 389 g/mol. The lowest BCUT2D eigenvalue weighted by Crippen LogP contribution is -2.31. The number of primary amides is 1. The van der Waals surface area contributed by atoms with Gasteiger partial charge in [0.15, 0.2) is 0 Å². The smallest absolute Gasteiger partial charge is 0.433 e. The molecule has 3 aromatic rings. The van der Waals surface area contributed by atoms with E-state index < -0.39 is 34.6 Å². The van der Waals surface area contributed by atoms with Crippen LogP contribution in [-0.4, -0.2) is 25.5 Å². The van der Waals surface area contributed by atoms with Gasteiger partial charge in [-0.3, -0.25) is 19.1 Å². The molecule has 0 aliphatic carbocycles. The van der Waals surface area contributed by atoms with Gasteiger partial charge in [-0.15, -0.1) is 0 Å². The van der Waals surface area contributed by atoms with E-state index >= 15 is 0 Å². The number of aromatic hydroxyl groups is 1. The largest absolute Gasteiger partial charge is 0.506 e. The molecule has 11 heteroatoms. The van der Waals surface area contributed by atoms with Crippen molar-refractivity contribution >= 4 is 28.5 Å². The van der Waals surface area contributed by atoms with E-state index in [0.29, 0.717) is 0 Å². The number of nitrogens with zero attached hydrogens (tertiary/aromatic N) is 3. The lowest BCUT2D eigenvalue weighted by Gasteiger charge is -2.13. The van der Waals surface area contributed by atoms with Gasteiger partial charge in [0.05, 0.1) is 17.0 Å². The van der Waals surface area contributed by atoms with Crippen LogP contribution in [0.2, 0.25) is 5.02 Å². The number of halogens is 4. The summed E-state index contributed by atoms with van der Waals surface area (Å²) >= 11 is 5.84. The number of nitrogens with two attached hydrogens (primary N) is 1. The molecule has 7 nitrogen and oxygen atoms in total. The van der Waals surface area contributed by atoms with Crippen molar-refractivity contribution in [3.8, 4) is 5.75 Å². The van der Waals surface area contributed by atoms with Gasteiger partial charge in [0, 0.05) is 12.4 Å². The van der Waals surface area contributed by atoms with E-state index in [2.05, 4.69) is 9.97 Å². The summed E-state index contributed by atoms with van der Waals surface area (Å²) in [5.41, 5.74) is 2.69. The minimum Gasteiger partial charge on any atom is -0.506 e. The van der Waals surface area contributed by atoms with Crippen molar-refractivity contribution in [2.75, 3.05) is 0 Å². The third-order valence-electron chi connectivity index (χ3n) is 3.74. The summed E-state index contributed by atoms with van der Waals surface area (Å²) in [5.74, 6) is -1.84. The van der Waals surface area contributed by atoms with Crippen LogP contribution in [0.1, 0.15) is 21.6 Å². The van der Waals surface area contributed by atoms with Crippen LogP contribution in [0.5, 0.6) is 5.75 Å². The van der Waals surface area contributed by atoms with Crippen LogP contribution < -0.4 is 11.3 Å². The first-order valence-electron chi connectivity index (χ1n) is 7.32. The van der Waals surface area contributed by atoms with Gasteiger partial charge in [-0.05, 0) is 17.7 Å². The van der Waals surface area contributed by atoms with Crippen molar-refractivity contribution in [1.29, 1.82) is 0 Å². The van der Waals surface area contributed by atoms with Gasteiger partial charge in [-0.1, -0.05) is 17.7 Å². The number of amides is 1. The van der Waals surface area contributed by atoms with Crippen molar-refractivity contribution < 1.29 is 23.1 Å². The van der Waals surface area contributed by atoms with Crippen molar-refractivity contribution in [3.63, 3.8) is 0 Å². The minimum absolute atomic E-state index is 0.00392. The van der Waals surface area contributed by atoms with Crippen molar-refractivity contribution in [3.05, 3.63) is 62.8 Å². The Balaban J connectivity index is 2.19. The molecule has 0 aromatic carbocycles. The van der Waals surface area contributed by atoms with Crippen LogP contribution in [-0.2, 0) is 12.7 Å². The first kappa shape index (κ1) is 18.6. The van der Waals surface area contributed by atoms with Crippen LogP contribution >= 0.6 is 11.6 Å². The van der Waals surface area contributed by atoms with Crippen molar-refractivity contribution in [1.82, 2.24) is 14.5 Å². The Hall–Kier alpha value is -3.14. The molecule has 0 aliphatic rings. The average Bonchev–Trinajstić information content (AvgIpc) is 2.58. The Labute approximate surface area is 153 Å². The number of carbonyl (C=O) groups is 1. The second-order valence-corrected chi connectivity index (χ2v) is 5.99. The SMILES string of the molecule is NC(=O)c1c(O)c2cc(Cl)cnc2n(Cc2ccc(C(F)(F)F)nc2)c1=O. The zero-order chi connectivity index (χ0) is 19.9. The number of pyridine rings is 3. The van der Waals surface area contributed by atoms with E-state index in [1.54, 1.807) is 0 Å². The van der Waals surface area contributed by atoms with Crippen LogP contribution in [0.25, 0.3) is 11.0 Å². The molecule has 3 N–H and O–H groups in total. The maximum atomic E-state index is 12.6. The zero-order valence-electron chi connectivity index (χ0n) is 13.3. The molecule has 0 atom stereocenters. The van der Waals surface area contributed by atoms with Gasteiger partial charge < -0.3 is 10.8 Å². The third kappa shape index (κ3) is 3.43. The Kier molecular flexibility index (Phi) is 4.52. The summed E-state index contributed by atoms with van der Waals surface area (Å²) in [5, 5.41) is 10.3. The van der Waals surface area contributed by atoms with Gasteiger partial charge in [-0.2, -0.15) is 13.2 Å². The fourth-order valence-electron chi connectivity index (χ4n) is 2.53. The van der Waals surface area contributed by atoms with Crippen molar-refractivity contribution in [2.45, 2.75) is 12.7 Å². The fraction of sp³-hybridized carbons (Fsp3) is 0.125. The molecule has 0 spiro atoms. The van der Waals surface area contributed by atoms with Gasteiger partial charge >= 0.3 is 6.18 Å². The molecule has 0 saturated heterocycles. The van der Waals surface area contributed by atoms with Gasteiger partial charge in [0.1, 0.15) is 22.7 Å². The molecule has 140 valence electrons. The highest BCUT2D eigenvalue weighted by atomic mass is 35.5. The van der Waals surface area contributed by atoms with Crippen LogP contribution in [0.15, 0.2) is 35.4 Å². The zero-order valence-corrected chi connectivity index (χ0v) is 14.0. The molecule has 0 aliphatic heterocycles. The standard InChI is InChI=1S/C16H10ClF3N4O3/c17-8-3-9-12(25)11(13(21)26)15(27)24(14(9)23-5-8)6-7-1-2-10(22-4-7)16(18,19)20/h1-5,25H,6H2,(H2,21,26). The predicted molar refractivity (Wildman–Crippen MR) is 89.5 cm³/mol. The van der Waals surface area contributed by atoms with Crippen molar-refractivity contribution in [2.24, 2.45) is 5.73 Å². The molecule has 3 aromatic heterocycles. The van der Waals surface area contributed by atoms with E-state index in [4.69, 9.17) is 17.3 Å². The highest BCUT2D eigenvalue weighted by Gasteiger charge is 2.32. The number of hydrogen-bond acceptors (Lipinski definition) is 5. The molecule has 1 amide bonds. The predicted octanol–water partition coefficient (Wildman–Crippen LogP) is 2.32. The molecule has 3 rings (SSSR count). The summed E-state index contributed by atoms with van der Waals surface area (Å²) in [4.78, 5) is 31.5. The molecule has 3 heterocycles. The lowest BCUT2D eigenvalue weighted by atomic mass is 10.1. The van der Waals surface area contributed by atoms with Crippen LogP contribution in [0.4, 0.5) is 13.2 Å². The normalized spacial score (nSPS) is 11.7. The van der Waals surface area contributed by atoms with Gasteiger partial charge in [0.2, 0.25) is 0 Å². The quantitative estimate of drug-likeness (QED) is 0.703. The van der Waals surface area contributed by atoms with E-state index in [-0.39, 0.29) is 28.2 Å². The first-order valence-corrected chi connectivity index (χ1v) is 7.70. The van der Waals surface area contributed by atoms with Crippen LogP contribution in [0.3, 0.4) is 0 Å². The second kappa shape index (κ2) is 6.54. The maximum Gasteiger partial charge on any atom is 0.433 e. The summed E-state index contributed by atoms with van der Waals surface area (Å²) in [6, 6.07) is 3.19. The van der Waals surface area contributed by atoms with Gasteiger partial charge in [-0.25, -0.2) is 4.98 Å². The average molecular weight is 399 g/mol. The highest BCUT2D eigenvalue weighted by molar-refractivity contribution is 6.31. The third-order valence-corrected chi connectivity index (χ3v) is 3.95. The maximum absolute atomic E-state index is 12.6. The van der Waals surface area contributed by atoms with E-state index in [1.165, 1.54) is 12.3 Å². The molecule has 0 saturated carbocycles. The number of fused-ring (bicyclic) bond motifs is 1. The minimum atomic E-state index is -4.60. The van der Waals surface area contributed by atoms with Crippen LogP contribution in [0, 0.1) is 0 Å². The molecule has 0 radical (unpaired) electrons. The molecular formula is C16H10ClF3N4O3. The molecule has 27 heavy (non-hydrogen) atoms. The number of alkyl halides is 3. The number of aromatic nitrogens is 3. The van der Waals surface area contributed by atoms with E-state index in [9.17, 15) is 27.9 Å². The summed E-state index contributed by atoms with van der Waals surface area (Å²) in [6.07, 6.45) is -2.43. The highest BCUT2D eigenvalue weighted by Crippen LogP contribution is 2.29. The van der Waals surface area contributed by atoms with E-state index in [0.717, 1.165) is 22.9 Å². The number of rotatable bonds is 3. The van der Waals surface area contributed by atoms with Gasteiger partial charge in [0.25, 0.3) is 11.5 Å². The summed E-state index contributed by atoms with van der Waals surface area (Å²) < 4.78 is 38.9. The molecule has 0 bridgehead atoms. The Bertz CT molecular complexity index is 1110. The Morgan fingerprint density at radius 3 is 2.52 bits per heavy atom. The summed E-state index contributed by atoms with van der Waals surface area (Å²) in [7, 11) is 0. The Morgan fingerprint density at radius 2 is 1.96 bits per heavy atom. The topological polar surface area (TPSA) is 111 Å². The van der Waals surface area contributed by atoms with E-state index in [1.807, 2.05) is 0 Å². The number of carbonyl (C=O) groups excluding carboxylic acids is 1.